The van der Waals surface area contributed by atoms with Crippen molar-refractivity contribution >= 4 is 92.6 Å². The first-order valence-electron chi connectivity index (χ1n) is 21.2. The Morgan fingerprint density at radius 3 is 1.44 bits per heavy atom. The summed E-state index contributed by atoms with van der Waals surface area (Å²) in [5, 5.41) is 15.4. The van der Waals surface area contributed by atoms with Gasteiger partial charge in [-0.25, -0.2) is 0 Å². The molecule has 17 heteroatoms. The van der Waals surface area contributed by atoms with Gasteiger partial charge >= 0.3 is 29.6 Å². The summed E-state index contributed by atoms with van der Waals surface area (Å²) in [6, 6.07) is 32.0. The maximum atomic E-state index is 9.96. The minimum absolute atomic E-state index is 0. The van der Waals surface area contributed by atoms with Crippen molar-refractivity contribution < 1.29 is 36.7 Å². The first-order chi connectivity index (χ1) is 30.7. The Morgan fingerprint density at radius 1 is 0.625 bits per heavy atom. The van der Waals surface area contributed by atoms with Crippen molar-refractivity contribution in [1.82, 2.24) is 29.8 Å². The van der Waals surface area contributed by atoms with Gasteiger partial charge in [0.2, 0.25) is 0 Å². The van der Waals surface area contributed by atoms with Crippen LogP contribution in [0.4, 0.5) is 15.8 Å². The fourth-order valence-corrected chi connectivity index (χ4v) is 9.37. The van der Waals surface area contributed by atoms with Gasteiger partial charge in [-0.15, -0.1) is 11.6 Å². The van der Waals surface area contributed by atoms with Gasteiger partial charge in [0, 0.05) is 89.7 Å². The number of benzene rings is 4. The first-order valence-corrected chi connectivity index (χ1v) is 23.3. The molecule has 0 radical (unpaired) electrons. The zero-order valence-electron chi connectivity index (χ0n) is 38.8. The second-order valence-corrected chi connectivity index (χ2v) is 18.3. The average molecular weight is 1020 g/mol. The van der Waals surface area contributed by atoms with Crippen molar-refractivity contribution in [2.24, 2.45) is 0 Å². The maximum Gasteiger partial charge on any atom is 1.00 e. The van der Waals surface area contributed by atoms with Gasteiger partial charge < -0.3 is 11.2 Å². The molecule has 8 rings (SSSR count). The standard InChI is InChI=1S/C23H25Cl3N4.C18H18Cl4N2.C5H8N2.CH3F.Na.H/c1-16-13-17(2)30(27-16)12-10-28-9-11-29(22-8-7-20(25)14-21(22)26)23(15-28)18-3-5-19(24)6-4-18;19-7-8-23-9-10-24(17-6-5-15(21)11-16(17)22)18(12-23)13-1-3-14(20)4-2-13;1-4-3-5(2)7-6-4;1-2;;/h3-8,13-14,23H,9-12,15H2,1-2H3;1-6,11,18H,7-10,12H2;3H,1-2H3,(H,6,7);1H3;;/q;;;;+1;-1/t23-;18-;;;;/m00..../s1/i;;;1D;;. The van der Waals surface area contributed by atoms with E-state index >= 15 is 0 Å². The van der Waals surface area contributed by atoms with Crippen molar-refractivity contribution in [1.29, 1.82) is 0 Å². The summed E-state index contributed by atoms with van der Waals surface area (Å²) in [7, 11) is -1.00. The second kappa shape index (κ2) is 26.9. The number of nitrogens with one attached hydrogen (secondary N) is 1. The van der Waals surface area contributed by atoms with Gasteiger partial charge in [0.1, 0.15) is 0 Å². The fourth-order valence-electron chi connectivity index (χ4n) is 7.84. The van der Waals surface area contributed by atoms with Crippen molar-refractivity contribution in [3.05, 3.63) is 161 Å². The molecular weight excluding hydrogens is 967 g/mol. The van der Waals surface area contributed by atoms with Crippen molar-refractivity contribution in [3.63, 3.8) is 0 Å². The van der Waals surface area contributed by atoms with E-state index in [1.54, 1.807) is 6.07 Å². The summed E-state index contributed by atoms with van der Waals surface area (Å²) in [6.07, 6.45) is 0. The van der Waals surface area contributed by atoms with Crippen LogP contribution >= 0.6 is 81.2 Å². The number of nitrogens with zero attached hydrogens (tertiary/aromatic N) is 7. The zero-order chi connectivity index (χ0) is 46.3. The number of H-pyrrole nitrogens is 1. The van der Waals surface area contributed by atoms with Gasteiger partial charge in [-0.05, 0) is 112 Å². The normalized spacial score (nSPS) is 16.6. The molecule has 0 unspecified atom stereocenters. The Labute approximate surface area is 438 Å². The van der Waals surface area contributed by atoms with E-state index in [-0.39, 0.29) is 43.1 Å². The molecule has 0 spiro atoms. The van der Waals surface area contributed by atoms with Gasteiger partial charge in [-0.2, -0.15) is 10.2 Å². The summed E-state index contributed by atoms with van der Waals surface area (Å²) in [6.45, 7) is 16.3. The third-order valence-corrected chi connectivity index (χ3v) is 12.6. The van der Waals surface area contributed by atoms with E-state index < -0.39 is 7.15 Å². The van der Waals surface area contributed by atoms with E-state index in [0.29, 0.717) is 26.0 Å². The molecule has 2 fully saturated rings. The fraction of sp³-hybridized carbons (Fsp3) is 0.362. The molecule has 0 saturated carbocycles. The van der Waals surface area contributed by atoms with Gasteiger partial charge in [0.25, 0.3) is 0 Å². The second-order valence-electron chi connectivity index (χ2n) is 15.3. The number of hydrogen-bond donors (Lipinski definition) is 1. The molecule has 1 N–H and O–H groups in total. The van der Waals surface area contributed by atoms with Crippen LogP contribution in [0.5, 0.6) is 0 Å². The van der Waals surface area contributed by atoms with Crippen molar-refractivity contribution in [2.45, 2.75) is 46.3 Å². The molecular formula is C47H55Cl7FN8Na. The predicted molar refractivity (Wildman–Crippen MR) is 268 cm³/mol. The Kier molecular flexibility index (Phi) is 22.2. The molecule has 340 valence electrons. The van der Waals surface area contributed by atoms with Gasteiger partial charge in [-0.3, -0.25) is 24.0 Å². The molecule has 6 aromatic rings. The molecule has 2 atom stereocenters. The average Bonchev–Trinajstić information content (AvgIpc) is 3.81. The number of aromatic amines is 1. The van der Waals surface area contributed by atoms with Crippen LogP contribution in [0.25, 0.3) is 0 Å². The summed E-state index contributed by atoms with van der Waals surface area (Å²) in [5.41, 5.74) is 8.90. The minimum Gasteiger partial charge on any atom is -1.00 e. The van der Waals surface area contributed by atoms with Crippen LogP contribution in [0.1, 0.15) is 48.8 Å². The minimum atomic E-state index is -1.00. The maximum absolute atomic E-state index is 9.96. The number of aromatic nitrogens is 4. The number of anilines is 2. The summed E-state index contributed by atoms with van der Waals surface area (Å²) >= 11 is 43.3. The summed E-state index contributed by atoms with van der Waals surface area (Å²) in [5.74, 6) is 0.634. The molecule has 0 aliphatic carbocycles. The predicted octanol–water partition coefficient (Wildman–Crippen LogP) is 10.5. The number of halogens is 8. The molecule has 2 aliphatic heterocycles. The summed E-state index contributed by atoms with van der Waals surface area (Å²) < 4.78 is 17.6. The molecule has 4 heterocycles. The molecule has 2 aliphatic rings. The van der Waals surface area contributed by atoms with E-state index in [0.717, 1.165) is 97.4 Å². The molecule has 64 heavy (non-hydrogen) atoms. The van der Waals surface area contributed by atoms with Crippen LogP contribution in [-0.4, -0.2) is 95.2 Å². The largest absolute Gasteiger partial charge is 1.00 e. The quantitative estimate of drug-likeness (QED) is 0.115. The van der Waals surface area contributed by atoms with Crippen LogP contribution in [0.2, 0.25) is 30.1 Å². The third-order valence-electron chi connectivity index (χ3n) is 10.8. The summed E-state index contributed by atoms with van der Waals surface area (Å²) in [4.78, 5) is 9.59. The van der Waals surface area contributed by atoms with Crippen LogP contribution in [0, 0.1) is 27.7 Å². The van der Waals surface area contributed by atoms with E-state index in [1.165, 1.54) is 16.8 Å². The Balaban J connectivity index is 0.000000287. The molecule has 0 bridgehead atoms. The van der Waals surface area contributed by atoms with Crippen molar-refractivity contribution in [2.75, 3.05) is 75.2 Å². The Bertz CT molecular complexity index is 2340. The smallest absolute Gasteiger partial charge is 1.00 e. The monoisotopic (exact) mass is 1020 g/mol. The van der Waals surface area contributed by atoms with Gasteiger partial charge in [0.15, 0.2) is 0 Å². The third kappa shape index (κ3) is 15.7. The van der Waals surface area contributed by atoms with Gasteiger partial charge in [0.05, 0.1) is 60.0 Å². The van der Waals surface area contributed by atoms with Crippen LogP contribution in [-0.2, 0) is 6.54 Å². The van der Waals surface area contributed by atoms with E-state index in [4.69, 9.17) is 82.6 Å². The molecule has 0 amide bonds. The molecule has 8 nitrogen and oxygen atoms in total. The van der Waals surface area contributed by atoms with E-state index in [2.05, 4.69) is 76.8 Å². The number of hydrogen-bond acceptors (Lipinski definition) is 6. The van der Waals surface area contributed by atoms with Crippen LogP contribution < -0.4 is 39.4 Å². The van der Waals surface area contributed by atoms with Gasteiger partial charge in [-0.1, -0.05) is 93.9 Å². The number of piperazine rings is 2. The van der Waals surface area contributed by atoms with E-state index in [1.807, 2.05) is 81.4 Å². The molecule has 4 aromatic carbocycles. The molecule has 2 saturated heterocycles. The number of alkyl halides is 2. The van der Waals surface area contributed by atoms with Crippen molar-refractivity contribution in [3.8, 4) is 0 Å². The van der Waals surface area contributed by atoms with E-state index in [9.17, 15) is 4.39 Å². The Hall–Kier alpha value is -2.22. The number of rotatable bonds is 9. The number of aryl methyl sites for hydroxylation is 4. The zero-order valence-corrected chi connectivity index (χ0v) is 44.1. The first kappa shape index (κ1) is 52.7. The Morgan fingerprint density at radius 2 is 1.08 bits per heavy atom. The SMILES string of the molecule is Cc1cc(C)[nH]n1.Cc1cc(C)n(CCN2CCN(c3ccc(Cl)cc3Cl)[C@H](c3ccc(Cl)cc3)C2)n1.ClCCN1CCN(c2ccc(Cl)cc2Cl)[C@H](c2ccc(Cl)cc2)C1.[2H]CF.[H-].[Na+]. The molecule has 2 aromatic heterocycles. The van der Waals surface area contributed by atoms with Crippen LogP contribution in [0.3, 0.4) is 0 Å². The van der Waals surface area contributed by atoms with Crippen LogP contribution in [0.15, 0.2) is 97.1 Å². The topological polar surface area (TPSA) is 59.5 Å².